The van der Waals surface area contributed by atoms with Crippen LogP contribution in [0.3, 0.4) is 0 Å². The second kappa shape index (κ2) is 4.83. The molecule has 0 aliphatic carbocycles. The highest BCUT2D eigenvalue weighted by molar-refractivity contribution is 5.74. The smallest absolute Gasteiger partial charge is 0.0860 e. The molecule has 0 saturated carbocycles. The number of anilines is 1. The van der Waals surface area contributed by atoms with Crippen LogP contribution in [0.15, 0.2) is 49.2 Å². The van der Waals surface area contributed by atoms with Crippen molar-refractivity contribution in [2.24, 2.45) is 0 Å². The zero-order valence-corrected chi connectivity index (χ0v) is 10.2. The van der Waals surface area contributed by atoms with Gasteiger partial charge in [0, 0.05) is 13.3 Å². The van der Waals surface area contributed by atoms with E-state index in [2.05, 4.69) is 29.9 Å². The van der Waals surface area contributed by atoms with Gasteiger partial charge in [-0.15, -0.1) is 0 Å². The highest BCUT2D eigenvalue weighted by Gasteiger charge is 2.02. The molecular formula is C15H18N2. The Morgan fingerprint density at radius 3 is 2.71 bits per heavy atom. The van der Waals surface area contributed by atoms with Gasteiger partial charge in [-0.3, -0.25) is 4.98 Å². The highest BCUT2D eigenvalue weighted by atomic mass is 14.9. The Balaban J connectivity index is 0.00000162. The third kappa shape index (κ3) is 2.72. The van der Waals surface area contributed by atoms with Crippen LogP contribution in [0.5, 0.6) is 0 Å². The molecule has 1 heterocycles. The molecule has 2 heteroatoms. The van der Waals surface area contributed by atoms with Crippen molar-refractivity contribution in [1.29, 1.82) is 0 Å². The van der Waals surface area contributed by atoms with E-state index in [-0.39, 0.29) is 1.43 Å². The third-order valence-corrected chi connectivity index (χ3v) is 2.66. The lowest BCUT2D eigenvalue weighted by molar-refractivity contribution is 1.24. The lowest BCUT2D eigenvalue weighted by Crippen LogP contribution is -2.01. The number of para-hydroxylation sites is 1. The van der Waals surface area contributed by atoms with E-state index in [1.54, 1.807) is 6.20 Å². The molecule has 1 N–H and O–H groups in total. The molecule has 1 aromatic heterocycles. The van der Waals surface area contributed by atoms with Gasteiger partial charge in [0.05, 0.1) is 11.4 Å². The molecule has 2 nitrogen and oxygen atoms in total. The lowest BCUT2D eigenvalue weighted by Gasteiger charge is -2.11. The van der Waals surface area contributed by atoms with Crippen LogP contribution >= 0.6 is 0 Å². The fourth-order valence-corrected chi connectivity index (χ4v) is 1.64. The SMILES string of the molecule is C=C(Nc1ccccc1C)c1cc(C)ccn1.[HH]. The molecule has 0 saturated heterocycles. The predicted molar refractivity (Wildman–Crippen MR) is 74.9 cm³/mol. The monoisotopic (exact) mass is 226 g/mol. The van der Waals surface area contributed by atoms with Gasteiger partial charge in [-0.05, 0) is 43.2 Å². The molecule has 1 aromatic carbocycles. The average Bonchev–Trinajstić information content (AvgIpc) is 2.32. The molecule has 17 heavy (non-hydrogen) atoms. The summed E-state index contributed by atoms with van der Waals surface area (Å²) in [5, 5.41) is 3.30. The number of hydrogen-bond donors (Lipinski definition) is 1. The first-order valence-electron chi connectivity index (χ1n) is 5.61. The summed E-state index contributed by atoms with van der Waals surface area (Å²) in [6.45, 7) is 8.15. The second-order valence-corrected chi connectivity index (χ2v) is 4.14. The molecule has 0 amide bonds. The first-order chi connectivity index (χ1) is 8.16. The number of rotatable bonds is 3. The molecule has 0 fully saturated rings. The van der Waals surface area contributed by atoms with Gasteiger partial charge in [0.1, 0.15) is 0 Å². The zero-order chi connectivity index (χ0) is 12.3. The van der Waals surface area contributed by atoms with E-state index in [9.17, 15) is 0 Å². The zero-order valence-electron chi connectivity index (χ0n) is 10.2. The molecule has 0 aliphatic rings. The standard InChI is InChI=1S/C15H16N2.H2/c1-11-8-9-16-15(10-11)13(3)17-14-7-5-4-6-12(14)2;/h4-10,17H,3H2,1-2H3;1H. The summed E-state index contributed by atoms with van der Waals surface area (Å²) in [4.78, 5) is 4.30. The van der Waals surface area contributed by atoms with E-state index >= 15 is 0 Å². The lowest BCUT2D eigenvalue weighted by atomic mass is 10.1. The quantitative estimate of drug-likeness (QED) is 0.854. The Kier molecular flexibility index (Phi) is 3.24. The van der Waals surface area contributed by atoms with Gasteiger partial charge >= 0.3 is 0 Å². The molecule has 0 spiro atoms. The largest absolute Gasteiger partial charge is 0.354 e. The number of hydrogen-bond acceptors (Lipinski definition) is 2. The van der Waals surface area contributed by atoms with Crippen molar-refractivity contribution in [3.05, 3.63) is 66.0 Å². The van der Waals surface area contributed by atoms with Crippen molar-refractivity contribution >= 4 is 11.4 Å². The Morgan fingerprint density at radius 2 is 2.00 bits per heavy atom. The van der Waals surface area contributed by atoms with Crippen LogP contribution < -0.4 is 5.32 Å². The van der Waals surface area contributed by atoms with Crippen molar-refractivity contribution in [3.63, 3.8) is 0 Å². The number of nitrogens with one attached hydrogen (secondary N) is 1. The van der Waals surface area contributed by atoms with Crippen LogP contribution in [0.4, 0.5) is 5.69 Å². The van der Waals surface area contributed by atoms with Crippen LogP contribution in [-0.4, -0.2) is 4.98 Å². The minimum atomic E-state index is 0. The maximum Gasteiger partial charge on any atom is 0.0860 e. The molecule has 0 bridgehead atoms. The Bertz CT molecular complexity index is 550. The summed E-state index contributed by atoms with van der Waals surface area (Å²) in [6, 6.07) is 12.1. The van der Waals surface area contributed by atoms with E-state index in [0.717, 1.165) is 17.1 Å². The fraction of sp³-hybridized carbons (Fsp3) is 0.133. The van der Waals surface area contributed by atoms with E-state index in [4.69, 9.17) is 0 Å². The Hall–Kier alpha value is -2.09. The molecule has 0 atom stereocenters. The van der Waals surface area contributed by atoms with Crippen LogP contribution in [0.2, 0.25) is 0 Å². The van der Waals surface area contributed by atoms with E-state index in [0.29, 0.717) is 0 Å². The van der Waals surface area contributed by atoms with E-state index in [1.165, 1.54) is 11.1 Å². The summed E-state index contributed by atoms with van der Waals surface area (Å²) in [5.74, 6) is 0. The minimum Gasteiger partial charge on any atom is -0.354 e. The van der Waals surface area contributed by atoms with Crippen molar-refractivity contribution in [2.75, 3.05) is 5.32 Å². The summed E-state index contributed by atoms with van der Waals surface area (Å²) in [5.41, 5.74) is 5.15. The van der Waals surface area contributed by atoms with Crippen LogP contribution in [0, 0.1) is 13.8 Å². The third-order valence-electron chi connectivity index (χ3n) is 2.66. The van der Waals surface area contributed by atoms with Gasteiger partial charge in [-0.25, -0.2) is 0 Å². The van der Waals surface area contributed by atoms with Crippen molar-refractivity contribution in [2.45, 2.75) is 13.8 Å². The van der Waals surface area contributed by atoms with Crippen LogP contribution in [0.25, 0.3) is 5.70 Å². The summed E-state index contributed by atoms with van der Waals surface area (Å²) < 4.78 is 0. The maximum atomic E-state index is 4.30. The number of nitrogens with zero attached hydrogens (tertiary/aromatic N) is 1. The molecule has 88 valence electrons. The maximum absolute atomic E-state index is 4.30. The summed E-state index contributed by atoms with van der Waals surface area (Å²) in [6.07, 6.45) is 1.80. The summed E-state index contributed by atoms with van der Waals surface area (Å²) >= 11 is 0. The van der Waals surface area contributed by atoms with Crippen LogP contribution in [-0.2, 0) is 0 Å². The first kappa shape index (κ1) is 11.4. The number of aryl methyl sites for hydroxylation is 2. The normalized spacial score (nSPS) is 10.0. The van der Waals surface area contributed by atoms with Gasteiger partial charge in [-0.1, -0.05) is 24.8 Å². The Morgan fingerprint density at radius 1 is 1.24 bits per heavy atom. The highest BCUT2D eigenvalue weighted by Crippen LogP contribution is 2.19. The van der Waals surface area contributed by atoms with E-state index < -0.39 is 0 Å². The van der Waals surface area contributed by atoms with Gasteiger partial charge < -0.3 is 5.32 Å². The van der Waals surface area contributed by atoms with Crippen molar-refractivity contribution < 1.29 is 1.43 Å². The van der Waals surface area contributed by atoms with Gasteiger partial charge in [0.15, 0.2) is 0 Å². The summed E-state index contributed by atoms with van der Waals surface area (Å²) in [7, 11) is 0. The molecule has 0 radical (unpaired) electrons. The molecule has 0 aliphatic heterocycles. The number of benzene rings is 1. The topological polar surface area (TPSA) is 24.9 Å². The second-order valence-electron chi connectivity index (χ2n) is 4.14. The van der Waals surface area contributed by atoms with Gasteiger partial charge in [0.25, 0.3) is 0 Å². The fourth-order valence-electron chi connectivity index (χ4n) is 1.64. The molecule has 0 unspecified atom stereocenters. The van der Waals surface area contributed by atoms with Crippen molar-refractivity contribution in [1.82, 2.24) is 4.98 Å². The minimum absolute atomic E-state index is 0. The Labute approximate surface area is 104 Å². The molecular weight excluding hydrogens is 208 g/mol. The number of aromatic nitrogens is 1. The van der Waals surface area contributed by atoms with Gasteiger partial charge in [-0.2, -0.15) is 0 Å². The van der Waals surface area contributed by atoms with E-state index in [1.807, 2.05) is 37.3 Å². The average molecular weight is 226 g/mol. The predicted octanol–water partition coefficient (Wildman–Crippen LogP) is 4.03. The van der Waals surface area contributed by atoms with Crippen LogP contribution in [0.1, 0.15) is 18.2 Å². The van der Waals surface area contributed by atoms with Gasteiger partial charge in [0.2, 0.25) is 0 Å². The molecule has 2 aromatic rings. The molecule has 2 rings (SSSR count). The number of pyridine rings is 1. The van der Waals surface area contributed by atoms with Crippen molar-refractivity contribution in [3.8, 4) is 0 Å². The first-order valence-corrected chi connectivity index (χ1v) is 5.61.